The third-order valence-electron chi connectivity index (χ3n) is 7.33. The summed E-state index contributed by atoms with van der Waals surface area (Å²) in [6.07, 6.45) is 1.81. The van der Waals surface area contributed by atoms with Crippen LogP contribution in [0.3, 0.4) is 0 Å². The predicted molar refractivity (Wildman–Crippen MR) is 153 cm³/mol. The van der Waals surface area contributed by atoms with E-state index in [-0.39, 0.29) is 17.2 Å². The van der Waals surface area contributed by atoms with Crippen LogP contribution in [0.1, 0.15) is 37.9 Å². The number of ether oxygens (including phenoxy) is 1. The summed E-state index contributed by atoms with van der Waals surface area (Å²) in [5.74, 6) is 0.439. The molecule has 10 heteroatoms. The Morgan fingerprint density at radius 2 is 1.77 bits per heavy atom. The van der Waals surface area contributed by atoms with Gasteiger partial charge in [-0.1, -0.05) is 35.6 Å². The van der Waals surface area contributed by atoms with Crippen LogP contribution in [0, 0.1) is 0 Å². The smallest absolute Gasteiger partial charge is 0.328 e. The molecule has 1 aliphatic heterocycles. The molecule has 1 atom stereocenters. The third kappa shape index (κ3) is 4.24. The van der Waals surface area contributed by atoms with Gasteiger partial charge >= 0.3 is 5.69 Å². The van der Waals surface area contributed by atoms with Crippen LogP contribution < -0.4 is 25.3 Å². The Kier molecular flexibility index (Phi) is 6.90. The van der Waals surface area contributed by atoms with E-state index >= 15 is 0 Å². The van der Waals surface area contributed by atoms with E-state index in [9.17, 15) is 14.4 Å². The van der Waals surface area contributed by atoms with E-state index in [0.29, 0.717) is 39.4 Å². The van der Waals surface area contributed by atoms with Crippen molar-refractivity contribution in [1.82, 2.24) is 18.6 Å². The molecule has 39 heavy (non-hydrogen) atoms. The average Bonchev–Trinajstić information content (AvgIpc) is 3.35. The molecular formula is C29H31N5O4S. The van der Waals surface area contributed by atoms with Crippen molar-refractivity contribution in [2.75, 3.05) is 20.2 Å². The highest BCUT2D eigenvalue weighted by atomic mass is 32.1. The summed E-state index contributed by atoms with van der Waals surface area (Å²) in [4.78, 5) is 47.2. The van der Waals surface area contributed by atoms with E-state index in [1.807, 2.05) is 69.3 Å². The number of benzene rings is 2. The Hall–Kier alpha value is -4.18. The number of hydrogen-bond acceptors (Lipinski definition) is 6. The molecule has 0 fully saturated rings. The second-order valence-corrected chi connectivity index (χ2v) is 10.5. The molecule has 0 saturated carbocycles. The van der Waals surface area contributed by atoms with E-state index in [4.69, 9.17) is 9.73 Å². The lowest BCUT2D eigenvalue weighted by Crippen LogP contribution is -2.43. The van der Waals surface area contributed by atoms with E-state index in [0.717, 1.165) is 22.2 Å². The number of imidazole rings is 1. The minimum absolute atomic E-state index is 0.112. The summed E-state index contributed by atoms with van der Waals surface area (Å²) in [5, 5.41) is 0. The molecule has 5 rings (SSSR count). The molecule has 1 amide bonds. The van der Waals surface area contributed by atoms with Crippen LogP contribution >= 0.6 is 11.3 Å². The molecular weight excluding hydrogens is 514 g/mol. The fraction of sp³-hybridized carbons (Fsp3) is 0.310. The van der Waals surface area contributed by atoms with Crippen molar-refractivity contribution in [1.29, 1.82) is 0 Å². The van der Waals surface area contributed by atoms with Crippen molar-refractivity contribution >= 4 is 34.4 Å². The van der Waals surface area contributed by atoms with E-state index in [1.54, 1.807) is 39.8 Å². The maximum atomic E-state index is 14.0. The number of methoxy groups -OCH3 is 1. The van der Waals surface area contributed by atoms with Gasteiger partial charge in [0.2, 0.25) is 0 Å². The molecule has 4 aromatic rings. The minimum Gasteiger partial charge on any atom is -0.496 e. The lowest BCUT2D eigenvalue weighted by Gasteiger charge is -2.29. The fourth-order valence-electron chi connectivity index (χ4n) is 5.23. The van der Waals surface area contributed by atoms with Crippen LogP contribution in [-0.2, 0) is 18.9 Å². The van der Waals surface area contributed by atoms with Gasteiger partial charge in [-0.15, -0.1) is 0 Å². The summed E-state index contributed by atoms with van der Waals surface area (Å²) >= 11 is 1.28. The van der Waals surface area contributed by atoms with Crippen molar-refractivity contribution in [3.8, 4) is 5.75 Å². The number of allylic oxidation sites excluding steroid dienone is 1. The number of nitrogens with zero attached hydrogens (tertiary/aromatic N) is 5. The van der Waals surface area contributed by atoms with E-state index < -0.39 is 6.04 Å². The number of rotatable bonds is 6. The standard InChI is InChI=1S/C29H31N5O4S/c1-7-33(8-2)27(36)24-17(3)30-28-34(25(24)19-11-9-10-12-22(19)38-6)26(35)23(39-28)16-18-13-14-20-21(15-18)32(5)29(37)31(20)4/h9-16,25H,7-8H2,1-6H3/b23-16+/t25-/m0/s1. The van der Waals surface area contributed by atoms with Gasteiger partial charge in [0.1, 0.15) is 11.8 Å². The maximum Gasteiger partial charge on any atom is 0.328 e. The van der Waals surface area contributed by atoms with Gasteiger partial charge in [-0.05, 0) is 50.6 Å². The molecule has 202 valence electrons. The number of thiazole rings is 1. The van der Waals surface area contributed by atoms with Gasteiger partial charge < -0.3 is 9.64 Å². The molecule has 0 bridgehead atoms. The zero-order valence-electron chi connectivity index (χ0n) is 22.9. The number of carbonyl (C=O) groups is 1. The minimum atomic E-state index is -0.690. The first-order valence-electron chi connectivity index (χ1n) is 12.8. The first-order valence-corrected chi connectivity index (χ1v) is 13.6. The highest BCUT2D eigenvalue weighted by molar-refractivity contribution is 7.07. The first kappa shape index (κ1) is 26.4. The SMILES string of the molecule is CCN(CC)C(=O)C1=C(C)N=c2s/c(=C/c3ccc4c(c3)n(C)c(=O)n4C)c(=O)n2[C@H]1c1ccccc1OC. The monoisotopic (exact) mass is 545 g/mol. The van der Waals surface area contributed by atoms with Gasteiger partial charge in [0.05, 0.1) is 33.9 Å². The Bertz CT molecular complexity index is 1880. The first-order chi connectivity index (χ1) is 18.7. The highest BCUT2D eigenvalue weighted by Crippen LogP contribution is 2.36. The van der Waals surface area contributed by atoms with E-state index in [1.165, 1.54) is 11.3 Å². The highest BCUT2D eigenvalue weighted by Gasteiger charge is 2.35. The second kappa shape index (κ2) is 10.2. The molecule has 0 aliphatic carbocycles. The molecule has 2 aromatic carbocycles. The summed E-state index contributed by atoms with van der Waals surface area (Å²) in [6, 6.07) is 12.4. The molecule has 3 heterocycles. The summed E-state index contributed by atoms with van der Waals surface area (Å²) in [5.41, 5.74) is 3.79. The van der Waals surface area contributed by atoms with Crippen LogP contribution in [0.5, 0.6) is 5.75 Å². The van der Waals surface area contributed by atoms with Crippen LogP contribution in [0.2, 0.25) is 0 Å². The fourth-order valence-corrected chi connectivity index (χ4v) is 6.27. The van der Waals surface area contributed by atoms with Crippen molar-refractivity contribution in [3.63, 3.8) is 0 Å². The van der Waals surface area contributed by atoms with Crippen molar-refractivity contribution in [2.24, 2.45) is 19.1 Å². The van der Waals surface area contributed by atoms with E-state index in [2.05, 4.69) is 0 Å². The molecule has 0 radical (unpaired) electrons. The number of hydrogen-bond donors (Lipinski definition) is 0. The number of amides is 1. The maximum absolute atomic E-state index is 14.0. The lowest BCUT2D eigenvalue weighted by atomic mass is 9.94. The third-order valence-corrected chi connectivity index (χ3v) is 8.31. The number of likely N-dealkylation sites (N-methyl/N-ethyl adjacent to an activating group) is 1. The summed E-state index contributed by atoms with van der Waals surface area (Å²) < 4.78 is 10.9. The molecule has 1 aliphatic rings. The molecule has 0 spiro atoms. The summed E-state index contributed by atoms with van der Waals surface area (Å²) in [7, 11) is 5.05. The molecule has 0 unspecified atom stereocenters. The Morgan fingerprint density at radius 3 is 2.46 bits per heavy atom. The number of aromatic nitrogens is 3. The Balaban J connectivity index is 1.75. The van der Waals surface area contributed by atoms with Crippen LogP contribution in [-0.4, -0.2) is 44.7 Å². The lowest BCUT2D eigenvalue weighted by molar-refractivity contribution is -0.127. The number of fused-ring (bicyclic) bond motifs is 2. The van der Waals surface area contributed by atoms with Crippen LogP contribution in [0.15, 0.2) is 68.3 Å². The molecule has 9 nitrogen and oxygen atoms in total. The van der Waals surface area contributed by atoms with Crippen molar-refractivity contribution < 1.29 is 9.53 Å². The van der Waals surface area contributed by atoms with Gasteiger partial charge in [-0.25, -0.2) is 9.79 Å². The van der Waals surface area contributed by atoms with Gasteiger partial charge in [0.25, 0.3) is 11.5 Å². The van der Waals surface area contributed by atoms with Crippen molar-refractivity contribution in [2.45, 2.75) is 26.8 Å². The van der Waals surface area contributed by atoms with Gasteiger partial charge in [0.15, 0.2) is 4.80 Å². The van der Waals surface area contributed by atoms with Gasteiger partial charge in [-0.2, -0.15) is 0 Å². The van der Waals surface area contributed by atoms with Gasteiger partial charge in [0, 0.05) is 32.7 Å². The average molecular weight is 546 g/mol. The van der Waals surface area contributed by atoms with Crippen molar-refractivity contribution in [3.05, 3.63) is 95.0 Å². The number of para-hydroxylation sites is 1. The zero-order valence-corrected chi connectivity index (χ0v) is 23.7. The molecule has 0 N–H and O–H groups in total. The predicted octanol–water partition coefficient (Wildman–Crippen LogP) is 2.30. The topological polar surface area (TPSA) is 90.8 Å². The van der Waals surface area contributed by atoms with Crippen LogP contribution in [0.25, 0.3) is 17.1 Å². The van der Waals surface area contributed by atoms with Gasteiger partial charge in [-0.3, -0.25) is 23.3 Å². The van der Waals surface area contributed by atoms with Crippen LogP contribution in [0.4, 0.5) is 0 Å². The Morgan fingerprint density at radius 1 is 1.08 bits per heavy atom. The zero-order chi connectivity index (χ0) is 28.0. The number of aryl methyl sites for hydroxylation is 2. The second-order valence-electron chi connectivity index (χ2n) is 9.45. The quantitative estimate of drug-likeness (QED) is 0.372. The number of carbonyl (C=O) groups excluding carboxylic acids is 1. The molecule has 2 aromatic heterocycles. The summed E-state index contributed by atoms with van der Waals surface area (Å²) in [6.45, 7) is 6.77. The molecule has 0 saturated heterocycles. The largest absolute Gasteiger partial charge is 0.496 e. The Labute approximate surface area is 229 Å². The normalized spacial score (nSPS) is 15.4.